The molecule has 108 valence electrons. The maximum atomic E-state index is 3.68. The molecule has 0 unspecified atom stereocenters. The maximum absolute atomic E-state index is 3.68. The molecule has 1 heterocycles. The molecule has 0 radical (unpaired) electrons. The predicted molar refractivity (Wildman–Crippen MR) is 80.0 cm³/mol. The van der Waals surface area contributed by atoms with E-state index in [4.69, 9.17) is 0 Å². The monoisotopic (exact) mass is 255 g/mol. The summed E-state index contributed by atoms with van der Waals surface area (Å²) in [4.78, 5) is 2.60. The molecule has 1 fully saturated rings. The molecule has 3 heteroatoms. The fourth-order valence-corrected chi connectivity index (χ4v) is 2.28. The minimum Gasteiger partial charge on any atom is -0.314 e. The number of rotatable bonds is 6. The summed E-state index contributed by atoms with van der Waals surface area (Å²) in [6.45, 7) is 20.8. The molecule has 0 atom stereocenters. The van der Waals surface area contributed by atoms with Gasteiger partial charge in [-0.2, -0.15) is 0 Å². The first kappa shape index (κ1) is 15.9. The zero-order valence-electron chi connectivity index (χ0n) is 13.3. The highest BCUT2D eigenvalue weighted by molar-refractivity contribution is 4.87. The lowest BCUT2D eigenvalue weighted by Crippen LogP contribution is -2.57. The van der Waals surface area contributed by atoms with Crippen LogP contribution in [0.4, 0.5) is 0 Å². The van der Waals surface area contributed by atoms with E-state index in [1.807, 2.05) is 0 Å². The zero-order valence-corrected chi connectivity index (χ0v) is 13.3. The van der Waals surface area contributed by atoms with Crippen LogP contribution in [0.3, 0.4) is 0 Å². The molecule has 1 aliphatic rings. The van der Waals surface area contributed by atoms with Gasteiger partial charge in [0.15, 0.2) is 0 Å². The topological polar surface area (TPSA) is 27.3 Å². The summed E-state index contributed by atoms with van der Waals surface area (Å²) in [7, 11) is 0. The summed E-state index contributed by atoms with van der Waals surface area (Å²) < 4.78 is 0. The van der Waals surface area contributed by atoms with Gasteiger partial charge in [0.1, 0.15) is 0 Å². The lowest BCUT2D eigenvalue weighted by atomic mass is 9.81. The second-order valence-electron chi connectivity index (χ2n) is 7.30. The maximum Gasteiger partial charge on any atom is 0.0278 e. The molecule has 0 aliphatic carbocycles. The average molecular weight is 255 g/mol. The Morgan fingerprint density at radius 3 is 2.11 bits per heavy atom. The molecule has 3 nitrogen and oxygen atoms in total. The van der Waals surface area contributed by atoms with Crippen molar-refractivity contribution in [2.24, 2.45) is 11.3 Å². The van der Waals surface area contributed by atoms with E-state index in [-0.39, 0.29) is 5.54 Å². The third kappa shape index (κ3) is 4.52. The minimum absolute atomic E-state index is 0.259. The van der Waals surface area contributed by atoms with Crippen molar-refractivity contribution >= 4 is 0 Å². The molecular formula is C15H33N3. The van der Waals surface area contributed by atoms with Crippen LogP contribution >= 0.6 is 0 Å². The van der Waals surface area contributed by atoms with Gasteiger partial charge in [-0.1, -0.05) is 27.7 Å². The van der Waals surface area contributed by atoms with Crippen molar-refractivity contribution in [2.45, 2.75) is 47.1 Å². The van der Waals surface area contributed by atoms with Gasteiger partial charge in [-0.05, 0) is 25.2 Å². The van der Waals surface area contributed by atoms with Gasteiger partial charge in [0.2, 0.25) is 0 Å². The van der Waals surface area contributed by atoms with Gasteiger partial charge in [-0.3, -0.25) is 4.90 Å². The summed E-state index contributed by atoms with van der Waals surface area (Å²) in [6, 6.07) is 0. The SMILES string of the molecule is CC(C)C(C)(C)CNCC(C)(C)N1CCNCC1. The van der Waals surface area contributed by atoms with Gasteiger partial charge in [-0.25, -0.2) is 0 Å². The van der Waals surface area contributed by atoms with Gasteiger partial charge in [0, 0.05) is 44.8 Å². The Morgan fingerprint density at radius 2 is 1.61 bits per heavy atom. The summed E-state index contributed by atoms with van der Waals surface area (Å²) in [5.74, 6) is 0.715. The molecule has 0 spiro atoms. The normalized spacial score (nSPS) is 19.5. The number of nitrogens with one attached hydrogen (secondary N) is 2. The summed E-state index contributed by atoms with van der Waals surface area (Å²) in [6.07, 6.45) is 0. The number of piperazine rings is 1. The van der Waals surface area contributed by atoms with Crippen molar-refractivity contribution in [3.63, 3.8) is 0 Å². The third-order valence-corrected chi connectivity index (χ3v) is 4.67. The van der Waals surface area contributed by atoms with E-state index >= 15 is 0 Å². The van der Waals surface area contributed by atoms with E-state index in [9.17, 15) is 0 Å². The first-order valence-corrected chi connectivity index (χ1v) is 7.42. The molecule has 0 saturated carbocycles. The Kier molecular flexibility index (Phi) is 5.63. The Bertz CT molecular complexity index is 240. The van der Waals surface area contributed by atoms with Gasteiger partial charge >= 0.3 is 0 Å². The summed E-state index contributed by atoms with van der Waals surface area (Å²) >= 11 is 0. The van der Waals surface area contributed by atoms with Gasteiger partial charge < -0.3 is 10.6 Å². The Labute approximate surface area is 114 Å². The van der Waals surface area contributed by atoms with Crippen LogP contribution in [-0.2, 0) is 0 Å². The molecule has 0 aromatic carbocycles. The molecule has 0 bridgehead atoms. The van der Waals surface area contributed by atoms with E-state index in [1.165, 1.54) is 13.1 Å². The highest BCUT2D eigenvalue weighted by atomic mass is 15.2. The second-order valence-corrected chi connectivity index (χ2v) is 7.30. The first-order valence-electron chi connectivity index (χ1n) is 7.42. The quantitative estimate of drug-likeness (QED) is 0.759. The van der Waals surface area contributed by atoms with Gasteiger partial charge in [-0.15, -0.1) is 0 Å². The van der Waals surface area contributed by atoms with E-state index in [0.29, 0.717) is 11.3 Å². The van der Waals surface area contributed by atoms with E-state index in [2.05, 4.69) is 57.1 Å². The van der Waals surface area contributed by atoms with Crippen molar-refractivity contribution < 1.29 is 0 Å². The third-order valence-electron chi connectivity index (χ3n) is 4.67. The lowest BCUT2D eigenvalue weighted by Gasteiger charge is -2.42. The Hall–Kier alpha value is -0.120. The lowest BCUT2D eigenvalue weighted by molar-refractivity contribution is 0.0972. The van der Waals surface area contributed by atoms with Crippen LogP contribution in [0.5, 0.6) is 0 Å². The molecule has 1 aliphatic heterocycles. The molecule has 2 N–H and O–H groups in total. The average Bonchev–Trinajstić information content (AvgIpc) is 2.29. The largest absolute Gasteiger partial charge is 0.314 e. The molecule has 1 saturated heterocycles. The van der Waals surface area contributed by atoms with Crippen LogP contribution in [0.2, 0.25) is 0 Å². The van der Waals surface area contributed by atoms with Crippen LogP contribution in [0, 0.1) is 11.3 Å². The predicted octanol–water partition coefficient (Wildman–Crippen LogP) is 1.94. The fourth-order valence-electron chi connectivity index (χ4n) is 2.28. The minimum atomic E-state index is 0.259. The highest BCUT2D eigenvalue weighted by Gasteiger charge is 2.29. The molecular weight excluding hydrogens is 222 g/mol. The van der Waals surface area contributed by atoms with Crippen molar-refractivity contribution in [1.29, 1.82) is 0 Å². The van der Waals surface area contributed by atoms with Crippen molar-refractivity contribution in [3.8, 4) is 0 Å². The summed E-state index contributed by atoms with van der Waals surface area (Å²) in [5, 5.41) is 7.10. The number of hydrogen-bond donors (Lipinski definition) is 2. The van der Waals surface area contributed by atoms with E-state index < -0.39 is 0 Å². The molecule has 18 heavy (non-hydrogen) atoms. The van der Waals surface area contributed by atoms with Crippen molar-refractivity contribution in [3.05, 3.63) is 0 Å². The molecule has 0 aromatic heterocycles. The van der Waals surface area contributed by atoms with Crippen LogP contribution in [0.15, 0.2) is 0 Å². The zero-order chi connectivity index (χ0) is 13.8. The molecule has 0 aromatic rings. The van der Waals surface area contributed by atoms with Crippen LogP contribution < -0.4 is 10.6 Å². The summed E-state index contributed by atoms with van der Waals surface area (Å²) in [5.41, 5.74) is 0.634. The first-order chi connectivity index (χ1) is 8.26. The number of nitrogens with zero attached hydrogens (tertiary/aromatic N) is 1. The number of hydrogen-bond acceptors (Lipinski definition) is 3. The Balaban J connectivity index is 2.37. The van der Waals surface area contributed by atoms with Crippen molar-refractivity contribution in [2.75, 3.05) is 39.3 Å². The van der Waals surface area contributed by atoms with Crippen LogP contribution in [0.1, 0.15) is 41.5 Å². The fraction of sp³-hybridized carbons (Fsp3) is 1.00. The standard InChI is InChI=1S/C15H33N3/c1-13(2)14(3,4)11-17-12-15(5,6)18-9-7-16-8-10-18/h13,16-17H,7-12H2,1-6H3. The molecule has 1 rings (SSSR count). The van der Waals surface area contributed by atoms with E-state index in [0.717, 1.165) is 26.2 Å². The van der Waals surface area contributed by atoms with E-state index in [1.54, 1.807) is 0 Å². The Morgan fingerprint density at radius 1 is 1.06 bits per heavy atom. The highest BCUT2D eigenvalue weighted by Crippen LogP contribution is 2.25. The van der Waals surface area contributed by atoms with Crippen molar-refractivity contribution in [1.82, 2.24) is 15.5 Å². The smallest absolute Gasteiger partial charge is 0.0278 e. The van der Waals surface area contributed by atoms with Crippen LogP contribution in [0.25, 0.3) is 0 Å². The van der Waals surface area contributed by atoms with Gasteiger partial charge in [0.05, 0.1) is 0 Å². The van der Waals surface area contributed by atoms with Gasteiger partial charge in [0.25, 0.3) is 0 Å². The molecule has 0 amide bonds. The van der Waals surface area contributed by atoms with Crippen LogP contribution in [-0.4, -0.2) is 49.7 Å². The second kappa shape index (κ2) is 6.36.